The van der Waals surface area contributed by atoms with Crippen LogP contribution in [0.15, 0.2) is 12.3 Å². The summed E-state index contributed by atoms with van der Waals surface area (Å²) in [5.41, 5.74) is 1.82. The highest BCUT2D eigenvalue weighted by atomic mass is 35.5. The van der Waals surface area contributed by atoms with E-state index in [9.17, 15) is 0 Å². The molecule has 0 aliphatic carbocycles. The molecule has 2 N–H and O–H groups in total. The van der Waals surface area contributed by atoms with E-state index in [0.29, 0.717) is 5.41 Å². The summed E-state index contributed by atoms with van der Waals surface area (Å²) in [7, 11) is 0. The first-order valence-electron chi connectivity index (χ1n) is 5.78. The number of nitrogens with one attached hydrogen (secondary N) is 2. The molecule has 1 atom stereocenters. The van der Waals surface area contributed by atoms with Gasteiger partial charge in [0.05, 0.1) is 0 Å². The molecule has 1 spiro atoms. The van der Waals surface area contributed by atoms with Crippen LogP contribution in [0, 0.1) is 5.41 Å². The first-order chi connectivity index (χ1) is 7.36. The van der Waals surface area contributed by atoms with E-state index in [4.69, 9.17) is 0 Å². The van der Waals surface area contributed by atoms with Crippen molar-refractivity contribution in [1.82, 2.24) is 20.4 Å². The Hall–Kier alpha value is -0.580. The number of H-pyrrole nitrogens is 1. The number of rotatable bonds is 2. The third-order valence-electron chi connectivity index (χ3n) is 3.80. The lowest BCUT2D eigenvalue weighted by atomic mass is 9.87. The van der Waals surface area contributed by atoms with Crippen molar-refractivity contribution in [3.05, 3.63) is 18.0 Å². The lowest BCUT2D eigenvalue weighted by Crippen LogP contribution is -2.29. The van der Waals surface area contributed by atoms with Gasteiger partial charge in [-0.25, -0.2) is 0 Å². The Bertz CT molecular complexity index is 319. The molecule has 3 heterocycles. The number of hydrogen-bond donors (Lipinski definition) is 2. The smallest absolute Gasteiger partial charge is 0.0492 e. The summed E-state index contributed by atoms with van der Waals surface area (Å²) in [6.45, 7) is 5.94. The van der Waals surface area contributed by atoms with Crippen LogP contribution in [0.3, 0.4) is 0 Å². The fraction of sp³-hybridized carbons (Fsp3) is 0.727. The van der Waals surface area contributed by atoms with Gasteiger partial charge in [0, 0.05) is 31.5 Å². The molecule has 1 unspecified atom stereocenters. The van der Waals surface area contributed by atoms with Gasteiger partial charge in [0.1, 0.15) is 0 Å². The van der Waals surface area contributed by atoms with Gasteiger partial charge in [-0.3, -0.25) is 10.00 Å². The van der Waals surface area contributed by atoms with Gasteiger partial charge in [0.25, 0.3) is 0 Å². The minimum Gasteiger partial charge on any atom is -0.316 e. The maximum Gasteiger partial charge on any atom is 0.0492 e. The van der Waals surface area contributed by atoms with Crippen molar-refractivity contribution >= 4 is 12.4 Å². The first-order valence-corrected chi connectivity index (χ1v) is 5.78. The lowest BCUT2D eigenvalue weighted by Gasteiger charge is -2.22. The quantitative estimate of drug-likeness (QED) is 0.814. The summed E-state index contributed by atoms with van der Waals surface area (Å²) in [5, 5.41) is 10.5. The third kappa shape index (κ3) is 2.24. The van der Waals surface area contributed by atoms with E-state index in [2.05, 4.69) is 26.5 Å². The molecule has 3 rings (SSSR count). The maximum atomic E-state index is 3.99. The molecule has 0 amide bonds. The van der Waals surface area contributed by atoms with E-state index < -0.39 is 0 Å². The zero-order valence-electron chi connectivity index (χ0n) is 9.41. The van der Waals surface area contributed by atoms with Crippen LogP contribution in [0.5, 0.6) is 0 Å². The number of aromatic amines is 1. The van der Waals surface area contributed by atoms with Crippen molar-refractivity contribution in [3.8, 4) is 0 Å². The van der Waals surface area contributed by atoms with E-state index in [0.717, 1.165) is 6.54 Å². The Balaban J connectivity index is 0.000000963. The molecule has 4 nitrogen and oxygen atoms in total. The van der Waals surface area contributed by atoms with Crippen LogP contribution in [-0.2, 0) is 6.54 Å². The van der Waals surface area contributed by atoms with E-state index in [1.54, 1.807) is 0 Å². The van der Waals surface area contributed by atoms with Crippen LogP contribution in [0.4, 0.5) is 0 Å². The van der Waals surface area contributed by atoms with Crippen molar-refractivity contribution in [2.24, 2.45) is 5.41 Å². The summed E-state index contributed by atoms with van der Waals surface area (Å²) < 4.78 is 0. The molecule has 2 aliphatic rings. The Morgan fingerprint density at radius 3 is 3.06 bits per heavy atom. The highest BCUT2D eigenvalue weighted by Gasteiger charge is 2.40. The zero-order chi connectivity index (χ0) is 10.1. The van der Waals surface area contributed by atoms with Crippen molar-refractivity contribution in [3.63, 3.8) is 0 Å². The van der Waals surface area contributed by atoms with Gasteiger partial charge < -0.3 is 5.32 Å². The molecule has 5 heteroatoms. The summed E-state index contributed by atoms with van der Waals surface area (Å²) >= 11 is 0. The summed E-state index contributed by atoms with van der Waals surface area (Å²) in [6.07, 6.45) is 4.54. The monoisotopic (exact) mass is 242 g/mol. The van der Waals surface area contributed by atoms with Crippen molar-refractivity contribution in [2.75, 3.05) is 26.2 Å². The Morgan fingerprint density at radius 1 is 1.44 bits per heavy atom. The average molecular weight is 243 g/mol. The molecular formula is C11H19ClN4. The zero-order valence-corrected chi connectivity index (χ0v) is 10.2. The number of hydrogen-bond acceptors (Lipinski definition) is 3. The first kappa shape index (κ1) is 11.9. The van der Waals surface area contributed by atoms with Crippen LogP contribution in [0.1, 0.15) is 18.5 Å². The predicted molar refractivity (Wildman–Crippen MR) is 65.6 cm³/mol. The average Bonchev–Trinajstić information content (AvgIpc) is 2.92. The largest absolute Gasteiger partial charge is 0.316 e. The summed E-state index contributed by atoms with van der Waals surface area (Å²) in [6, 6.07) is 2.07. The van der Waals surface area contributed by atoms with Crippen LogP contribution < -0.4 is 5.32 Å². The van der Waals surface area contributed by atoms with Crippen molar-refractivity contribution in [1.29, 1.82) is 0 Å². The second-order valence-corrected chi connectivity index (χ2v) is 4.97. The van der Waals surface area contributed by atoms with Gasteiger partial charge in [0.2, 0.25) is 0 Å². The number of likely N-dealkylation sites (tertiary alicyclic amines) is 1. The van der Waals surface area contributed by atoms with Gasteiger partial charge in [0.15, 0.2) is 0 Å². The molecule has 0 radical (unpaired) electrons. The molecule has 2 saturated heterocycles. The standard InChI is InChI=1S/C11H18N4.ClH/c1-4-13-14-10(1)7-15-6-3-11(9-15)2-5-12-8-11;/h1,4,12H,2-3,5-9H2,(H,13,14);1H. The normalized spacial score (nSPS) is 29.8. The number of halogens is 1. The molecule has 1 aromatic heterocycles. The molecule has 0 saturated carbocycles. The minimum absolute atomic E-state index is 0. The topological polar surface area (TPSA) is 44.0 Å². The molecule has 16 heavy (non-hydrogen) atoms. The minimum atomic E-state index is 0. The van der Waals surface area contributed by atoms with Gasteiger partial charge in [-0.2, -0.15) is 5.10 Å². The molecule has 1 aromatic rings. The molecule has 90 valence electrons. The summed E-state index contributed by atoms with van der Waals surface area (Å²) in [5.74, 6) is 0. The maximum absolute atomic E-state index is 3.99. The molecule has 0 aromatic carbocycles. The van der Waals surface area contributed by atoms with Crippen LogP contribution in [0.25, 0.3) is 0 Å². The number of aromatic nitrogens is 2. The highest BCUT2D eigenvalue weighted by molar-refractivity contribution is 5.85. The van der Waals surface area contributed by atoms with Gasteiger partial charge in [-0.05, 0) is 37.4 Å². The third-order valence-corrected chi connectivity index (χ3v) is 3.80. The van der Waals surface area contributed by atoms with E-state index >= 15 is 0 Å². The van der Waals surface area contributed by atoms with Crippen molar-refractivity contribution in [2.45, 2.75) is 19.4 Å². The Morgan fingerprint density at radius 2 is 2.38 bits per heavy atom. The highest BCUT2D eigenvalue weighted by Crippen LogP contribution is 2.36. The summed E-state index contributed by atoms with van der Waals surface area (Å²) in [4.78, 5) is 2.54. The fourth-order valence-corrected chi connectivity index (χ4v) is 2.92. The number of nitrogens with zero attached hydrogens (tertiary/aromatic N) is 2. The van der Waals surface area contributed by atoms with Crippen LogP contribution >= 0.6 is 12.4 Å². The molecule has 2 aliphatic heterocycles. The van der Waals surface area contributed by atoms with Crippen LogP contribution in [0.2, 0.25) is 0 Å². The van der Waals surface area contributed by atoms with Crippen molar-refractivity contribution < 1.29 is 0 Å². The second-order valence-electron chi connectivity index (χ2n) is 4.97. The molecular weight excluding hydrogens is 224 g/mol. The van der Waals surface area contributed by atoms with Gasteiger partial charge in [-0.15, -0.1) is 12.4 Å². The van der Waals surface area contributed by atoms with Gasteiger partial charge >= 0.3 is 0 Å². The Kier molecular flexibility index (Phi) is 3.52. The molecule has 2 fully saturated rings. The fourth-order valence-electron chi connectivity index (χ4n) is 2.92. The SMILES string of the molecule is Cl.c1cc(CN2CCC3(CCNC3)C2)[nH]n1. The predicted octanol–water partition coefficient (Wildman–Crippen LogP) is 1.02. The van der Waals surface area contributed by atoms with E-state index in [1.807, 2.05) is 6.20 Å². The molecule has 0 bridgehead atoms. The van der Waals surface area contributed by atoms with Crippen LogP contribution in [-0.4, -0.2) is 41.3 Å². The Labute approximate surface area is 102 Å². The van der Waals surface area contributed by atoms with E-state index in [-0.39, 0.29) is 12.4 Å². The van der Waals surface area contributed by atoms with E-state index in [1.165, 1.54) is 44.7 Å². The lowest BCUT2D eigenvalue weighted by molar-refractivity contribution is 0.266. The second kappa shape index (κ2) is 4.73. The van der Waals surface area contributed by atoms with Gasteiger partial charge in [-0.1, -0.05) is 0 Å².